The summed E-state index contributed by atoms with van der Waals surface area (Å²) in [4.78, 5) is 8.24. The van der Waals surface area contributed by atoms with E-state index in [1.54, 1.807) is 6.08 Å². The molecule has 1 aliphatic rings. The molecular formula is C4H5FO2. The molecular weight excluding hydrogens is 99.0 g/mol. The molecule has 0 saturated heterocycles. The summed E-state index contributed by atoms with van der Waals surface area (Å²) < 4.78 is 11.7. The van der Waals surface area contributed by atoms with Gasteiger partial charge >= 0.3 is 0 Å². The van der Waals surface area contributed by atoms with E-state index >= 15 is 0 Å². The van der Waals surface area contributed by atoms with Crippen molar-refractivity contribution in [3.8, 4) is 0 Å². The van der Waals surface area contributed by atoms with Crippen LogP contribution in [0.3, 0.4) is 0 Å². The van der Waals surface area contributed by atoms with Gasteiger partial charge < -0.3 is 0 Å². The van der Waals surface area contributed by atoms with Gasteiger partial charge in [0.25, 0.3) is 0 Å². The second-order valence-electron chi connectivity index (χ2n) is 1.16. The Morgan fingerprint density at radius 1 is 1.71 bits per heavy atom. The SMILES string of the molecule is FC1C=CCOO1. The first-order valence-corrected chi connectivity index (χ1v) is 1.98. The van der Waals surface area contributed by atoms with Crippen LogP contribution in [0.5, 0.6) is 0 Å². The summed E-state index contributed by atoms with van der Waals surface area (Å²) in [5.74, 6) is 0. The summed E-state index contributed by atoms with van der Waals surface area (Å²) in [6.45, 7) is 0.348. The predicted molar refractivity (Wildman–Crippen MR) is 21.1 cm³/mol. The lowest BCUT2D eigenvalue weighted by molar-refractivity contribution is -0.338. The molecule has 3 heteroatoms. The van der Waals surface area contributed by atoms with Crippen molar-refractivity contribution in [2.45, 2.75) is 6.36 Å². The molecule has 0 fully saturated rings. The van der Waals surface area contributed by atoms with Gasteiger partial charge in [0, 0.05) is 0 Å². The first-order chi connectivity index (χ1) is 3.39. The third-order valence-electron chi connectivity index (χ3n) is 0.612. The molecule has 0 N–H and O–H groups in total. The van der Waals surface area contributed by atoms with E-state index in [1.165, 1.54) is 6.08 Å². The highest BCUT2D eigenvalue weighted by atomic mass is 19.1. The Bertz CT molecular complexity index is 81.8. The van der Waals surface area contributed by atoms with Crippen LogP contribution < -0.4 is 0 Å². The van der Waals surface area contributed by atoms with E-state index in [4.69, 9.17) is 0 Å². The van der Waals surface area contributed by atoms with Gasteiger partial charge in [-0.3, -0.25) is 0 Å². The van der Waals surface area contributed by atoms with E-state index in [0.717, 1.165) is 0 Å². The van der Waals surface area contributed by atoms with E-state index < -0.39 is 6.36 Å². The van der Waals surface area contributed by atoms with Gasteiger partial charge in [-0.2, -0.15) is 4.89 Å². The van der Waals surface area contributed by atoms with E-state index in [2.05, 4.69) is 9.78 Å². The Labute approximate surface area is 40.5 Å². The second kappa shape index (κ2) is 2.04. The number of hydrogen-bond donors (Lipinski definition) is 0. The van der Waals surface area contributed by atoms with Crippen LogP contribution in [0.1, 0.15) is 0 Å². The average Bonchev–Trinajstić information content (AvgIpc) is 1.69. The molecule has 0 spiro atoms. The van der Waals surface area contributed by atoms with Crippen LogP contribution in [0, 0.1) is 0 Å². The summed E-state index contributed by atoms with van der Waals surface area (Å²) in [5.41, 5.74) is 0. The lowest BCUT2D eigenvalue weighted by Gasteiger charge is -2.06. The minimum Gasteiger partial charge on any atom is -0.229 e. The molecule has 1 aliphatic heterocycles. The molecule has 0 amide bonds. The number of rotatable bonds is 0. The number of alkyl halides is 1. The van der Waals surface area contributed by atoms with Gasteiger partial charge in [-0.1, -0.05) is 6.08 Å². The quantitative estimate of drug-likeness (QED) is 0.334. The van der Waals surface area contributed by atoms with Crippen LogP contribution in [-0.4, -0.2) is 13.0 Å². The molecule has 0 saturated carbocycles. The Morgan fingerprint density at radius 3 is 2.86 bits per heavy atom. The molecule has 1 rings (SSSR count). The summed E-state index contributed by atoms with van der Waals surface area (Å²) in [6.07, 6.45) is 1.49. The van der Waals surface area contributed by atoms with E-state index in [0.29, 0.717) is 6.61 Å². The first-order valence-electron chi connectivity index (χ1n) is 1.98. The zero-order valence-corrected chi connectivity index (χ0v) is 3.63. The van der Waals surface area contributed by atoms with Crippen LogP contribution in [0.25, 0.3) is 0 Å². The van der Waals surface area contributed by atoms with Gasteiger partial charge in [0.05, 0.1) is 0 Å². The third kappa shape index (κ3) is 1.25. The Kier molecular flexibility index (Phi) is 1.38. The molecule has 0 bridgehead atoms. The summed E-state index contributed by atoms with van der Waals surface area (Å²) in [7, 11) is 0. The second-order valence-corrected chi connectivity index (χ2v) is 1.16. The monoisotopic (exact) mass is 104 g/mol. The maximum atomic E-state index is 11.7. The van der Waals surface area contributed by atoms with Crippen molar-refractivity contribution in [3.05, 3.63) is 12.2 Å². The highest BCUT2D eigenvalue weighted by molar-refractivity contribution is 4.85. The molecule has 1 unspecified atom stereocenters. The Hall–Kier alpha value is -0.410. The van der Waals surface area contributed by atoms with Crippen LogP contribution in [-0.2, 0) is 9.78 Å². The minimum atomic E-state index is -1.37. The summed E-state index contributed by atoms with van der Waals surface area (Å²) in [6, 6.07) is 0. The maximum absolute atomic E-state index is 11.7. The van der Waals surface area contributed by atoms with Crippen LogP contribution in [0.2, 0.25) is 0 Å². The summed E-state index contributed by atoms with van der Waals surface area (Å²) >= 11 is 0. The highest BCUT2D eigenvalue weighted by Crippen LogP contribution is 2.01. The van der Waals surface area contributed by atoms with Crippen molar-refractivity contribution in [2.75, 3.05) is 6.61 Å². The van der Waals surface area contributed by atoms with E-state index in [-0.39, 0.29) is 0 Å². The van der Waals surface area contributed by atoms with Crippen LogP contribution in [0.4, 0.5) is 4.39 Å². The molecule has 0 aromatic rings. The zero-order valence-electron chi connectivity index (χ0n) is 3.63. The molecule has 0 radical (unpaired) electrons. The number of halogens is 1. The molecule has 0 aromatic heterocycles. The smallest absolute Gasteiger partial charge is 0.229 e. The van der Waals surface area contributed by atoms with E-state index in [9.17, 15) is 4.39 Å². The van der Waals surface area contributed by atoms with Crippen molar-refractivity contribution in [1.82, 2.24) is 0 Å². The molecule has 1 heterocycles. The minimum absolute atomic E-state index is 0.348. The maximum Gasteiger partial charge on any atom is 0.249 e. The molecule has 40 valence electrons. The predicted octanol–water partition coefficient (Wildman–Crippen LogP) is 0.800. The van der Waals surface area contributed by atoms with Gasteiger partial charge in [0.15, 0.2) is 0 Å². The van der Waals surface area contributed by atoms with Gasteiger partial charge in [0.1, 0.15) is 6.61 Å². The third-order valence-corrected chi connectivity index (χ3v) is 0.612. The van der Waals surface area contributed by atoms with Gasteiger partial charge in [-0.05, 0) is 6.08 Å². The molecule has 7 heavy (non-hydrogen) atoms. The first kappa shape index (κ1) is 4.74. The molecule has 0 aliphatic carbocycles. The average molecular weight is 104 g/mol. The normalized spacial score (nSPS) is 30.7. The molecule has 0 aromatic carbocycles. The Balaban J connectivity index is 2.36. The fourth-order valence-electron chi connectivity index (χ4n) is 0.338. The van der Waals surface area contributed by atoms with Crippen molar-refractivity contribution < 1.29 is 14.2 Å². The van der Waals surface area contributed by atoms with Gasteiger partial charge in [0.2, 0.25) is 6.36 Å². The number of hydrogen-bond acceptors (Lipinski definition) is 2. The largest absolute Gasteiger partial charge is 0.249 e. The van der Waals surface area contributed by atoms with Crippen molar-refractivity contribution in [2.24, 2.45) is 0 Å². The van der Waals surface area contributed by atoms with Gasteiger partial charge in [-0.15, -0.1) is 0 Å². The fraction of sp³-hybridized carbons (Fsp3) is 0.500. The van der Waals surface area contributed by atoms with E-state index in [1.807, 2.05) is 0 Å². The van der Waals surface area contributed by atoms with Crippen LogP contribution in [0.15, 0.2) is 12.2 Å². The lowest BCUT2D eigenvalue weighted by atomic mass is 10.5. The van der Waals surface area contributed by atoms with Crippen LogP contribution >= 0.6 is 0 Å². The van der Waals surface area contributed by atoms with Gasteiger partial charge in [-0.25, -0.2) is 9.28 Å². The van der Waals surface area contributed by atoms with Crippen molar-refractivity contribution in [3.63, 3.8) is 0 Å². The topological polar surface area (TPSA) is 18.5 Å². The highest BCUT2D eigenvalue weighted by Gasteiger charge is 2.04. The fourth-order valence-corrected chi connectivity index (χ4v) is 0.338. The zero-order chi connectivity index (χ0) is 5.11. The van der Waals surface area contributed by atoms with Crippen molar-refractivity contribution >= 4 is 0 Å². The standard InChI is InChI=1S/C4H5FO2/c5-4-2-1-3-6-7-4/h1-2,4H,3H2. The molecule has 2 nitrogen and oxygen atoms in total. The molecule has 1 atom stereocenters. The lowest BCUT2D eigenvalue weighted by Crippen LogP contribution is -2.08. The Morgan fingerprint density at radius 2 is 2.57 bits per heavy atom. The van der Waals surface area contributed by atoms with Crippen molar-refractivity contribution in [1.29, 1.82) is 0 Å². The summed E-state index contributed by atoms with van der Waals surface area (Å²) in [5, 5.41) is 0.